The van der Waals surface area contributed by atoms with E-state index in [1.165, 1.54) is 28.6 Å². The molecule has 10 heteroatoms. The fourth-order valence-corrected chi connectivity index (χ4v) is 4.73. The number of aromatic nitrogens is 2. The minimum atomic E-state index is -4.51. The van der Waals surface area contributed by atoms with Gasteiger partial charge in [0, 0.05) is 10.4 Å². The molecule has 0 unspecified atom stereocenters. The van der Waals surface area contributed by atoms with Gasteiger partial charge in [0.25, 0.3) is 5.91 Å². The van der Waals surface area contributed by atoms with E-state index in [0.717, 1.165) is 29.9 Å². The predicted octanol–water partition coefficient (Wildman–Crippen LogP) is 5.87. The quantitative estimate of drug-likeness (QED) is 0.465. The molecular formula is C23H18ClF3N4OS. The maximum Gasteiger partial charge on any atom is 0.416 e. The molecule has 2 aliphatic rings. The van der Waals surface area contributed by atoms with Crippen molar-refractivity contribution in [2.75, 3.05) is 0 Å². The zero-order valence-electron chi connectivity index (χ0n) is 17.4. The number of aliphatic imine (C=N–C) groups is 1. The number of halogens is 4. The van der Waals surface area contributed by atoms with Crippen molar-refractivity contribution in [2.24, 2.45) is 4.99 Å². The van der Waals surface area contributed by atoms with Gasteiger partial charge in [-0.1, -0.05) is 23.7 Å². The molecule has 2 aromatic carbocycles. The Hall–Kier alpha value is -2.78. The van der Waals surface area contributed by atoms with Crippen molar-refractivity contribution in [3.63, 3.8) is 0 Å². The highest BCUT2D eigenvalue weighted by molar-refractivity contribution is 8.18. The van der Waals surface area contributed by atoms with Crippen molar-refractivity contribution in [3.8, 4) is 0 Å². The standard InChI is InChI=1S/C23H18ClF3N4OS/c1-22(6-7-22)30-21-29-20(32)19(33-21)9-13-2-5-18-15(8-13)11-28-31(18)12-14-3-4-16(24)10-17(14)23(25,26)27/h2-5,8-11H,6-7,12H2,1H3,(H,29,30,32)/b19-9-. The van der Waals surface area contributed by atoms with Crippen molar-refractivity contribution in [3.05, 3.63) is 69.2 Å². The number of carbonyl (C=O) groups excluding carboxylic acids is 1. The Morgan fingerprint density at radius 1 is 1.27 bits per heavy atom. The van der Waals surface area contributed by atoms with E-state index in [9.17, 15) is 18.0 Å². The summed E-state index contributed by atoms with van der Waals surface area (Å²) in [5.74, 6) is -0.193. The number of thioether (sulfide) groups is 1. The van der Waals surface area contributed by atoms with E-state index in [-0.39, 0.29) is 28.6 Å². The fraction of sp³-hybridized carbons (Fsp3) is 0.261. The van der Waals surface area contributed by atoms with Gasteiger partial charge in [-0.3, -0.25) is 14.5 Å². The fourth-order valence-electron chi connectivity index (χ4n) is 3.60. The number of alkyl halides is 3. The van der Waals surface area contributed by atoms with E-state index in [0.29, 0.717) is 15.6 Å². The second-order valence-corrected chi connectivity index (χ2v) is 9.87. The Morgan fingerprint density at radius 3 is 2.79 bits per heavy atom. The van der Waals surface area contributed by atoms with E-state index in [2.05, 4.69) is 22.3 Å². The number of hydrogen-bond donors (Lipinski definition) is 1. The largest absolute Gasteiger partial charge is 0.416 e. The summed E-state index contributed by atoms with van der Waals surface area (Å²) < 4.78 is 41.8. The first-order chi connectivity index (χ1) is 15.6. The molecule has 33 heavy (non-hydrogen) atoms. The van der Waals surface area contributed by atoms with Gasteiger partial charge in [-0.2, -0.15) is 18.3 Å². The summed E-state index contributed by atoms with van der Waals surface area (Å²) in [5.41, 5.74) is 0.725. The second kappa shape index (κ2) is 7.92. The van der Waals surface area contributed by atoms with Crippen LogP contribution in [0.3, 0.4) is 0 Å². The first-order valence-corrected chi connectivity index (χ1v) is 11.4. The van der Waals surface area contributed by atoms with Gasteiger partial charge in [0.15, 0.2) is 5.17 Å². The normalized spacial score (nSPS) is 20.1. The summed E-state index contributed by atoms with van der Waals surface area (Å²) in [7, 11) is 0. The molecule has 170 valence electrons. The summed E-state index contributed by atoms with van der Waals surface area (Å²) >= 11 is 7.09. The number of fused-ring (bicyclic) bond motifs is 1. The lowest BCUT2D eigenvalue weighted by Crippen LogP contribution is -2.21. The zero-order valence-corrected chi connectivity index (χ0v) is 19.0. The smallest absolute Gasteiger partial charge is 0.301 e. The number of rotatable bonds is 4. The van der Waals surface area contributed by atoms with Crippen LogP contribution in [-0.2, 0) is 17.5 Å². The van der Waals surface area contributed by atoms with Gasteiger partial charge in [-0.05, 0) is 73.0 Å². The van der Waals surface area contributed by atoms with Crippen LogP contribution in [-0.4, -0.2) is 26.4 Å². The Balaban J connectivity index is 1.41. The SMILES string of the molecule is CC1(N=C2NC(=O)/C(=C/c3ccc4c(cnn4Cc4ccc(Cl)cc4C(F)(F)F)c3)S2)CC1. The van der Waals surface area contributed by atoms with Gasteiger partial charge in [-0.25, -0.2) is 0 Å². The van der Waals surface area contributed by atoms with Crippen LogP contribution >= 0.6 is 23.4 Å². The van der Waals surface area contributed by atoms with Crippen molar-refractivity contribution in [2.45, 2.75) is 38.0 Å². The maximum atomic E-state index is 13.4. The highest BCUT2D eigenvalue weighted by Crippen LogP contribution is 2.41. The van der Waals surface area contributed by atoms with Crippen LogP contribution in [0.4, 0.5) is 13.2 Å². The summed E-state index contributed by atoms with van der Waals surface area (Å²) in [6.07, 6.45) is 0.903. The Morgan fingerprint density at radius 2 is 2.06 bits per heavy atom. The molecule has 1 saturated heterocycles. The van der Waals surface area contributed by atoms with E-state index >= 15 is 0 Å². The number of nitrogens with one attached hydrogen (secondary N) is 1. The third-order valence-electron chi connectivity index (χ3n) is 5.66. The molecular weight excluding hydrogens is 473 g/mol. The lowest BCUT2D eigenvalue weighted by atomic mass is 10.1. The van der Waals surface area contributed by atoms with Crippen LogP contribution in [0.1, 0.15) is 36.5 Å². The number of benzene rings is 2. The van der Waals surface area contributed by atoms with E-state index in [4.69, 9.17) is 11.6 Å². The van der Waals surface area contributed by atoms with Crippen molar-refractivity contribution in [1.82, 2.24) is 15.1 Å². The number of nitrogens with zero attached hydrogens (tertiary/aromatic N) is 3. The van der Waals surface area contributed by atoms with Crippen LogP contribution in [0.5, 0.6) is 0 Å². The lowest BCUT2D eigenvalue weighted by molar-refractivity contribution is -0.138. The number of hydrogen-bond acceptors (Lipinski definition) is 4. The molecule has 5 rings (SSSR count). The van der Waals surface area contributed by atoms with Gasteiger partial charge in [0.05, 0.1) is 34.3 Å². The van der Waals surface area contributed by atoms with Crippen molar-refractivity contribution in [1.29, 1.82) is 0 Å². The third-order valence-corrected chi connectivity index (χ3v) is 6.80. The molecule has 0 bridgehead atoms. The highest BCUT2D eigenvalue weighted by Gasteiger charge is 2.39. The molecule has 2 fully saturated rings. The minimum Gasteiger partial charge on any atom is -0.301 e. The molecule has 5 nitrogen and oxygen atoms in total. The van der Waals surface area contributed by atoms with Gasteiger partial charge in [0.1, 0.15) is 0 Å². The Bertz CT molecular complexity index is 1340. The number of carbonyl (C=O) groups is 1. The molecule has 2 heterocycles. The molecule has 0 radical (unpaired) electrons. The molecule has 1 aromatic heterocycles. The number of amidine groups is 1. The molecule has 1 N–H and O–H groups in total. The highest BCUT2D eigenvalue weighted by atomic mass is 35.5. The molecule has 0 atom stereocenters. The van der Waals surface area contributed by atoms with Crippen LogP contribution in [0.15, 0.2) is 52.5 Å². The molecule has 0 spiro atoms. The van der Waals surface area contributed by atoms with Crippen LogP contribution < -0.4 is 5.32 Å². The summed E-state index contributed by atoms with van der Waals surface area (Å²) in [6, 6.07) is 9.19. The lowest BCUT2D eigenvalue weighted by Gasteiger charge is -2.14. The number of amides is 1. The van der Waals surface area contributed by atoms with Gasteiger partial charge >= 0.3 is 6.18 Å². The molecule has 1 aliphatic heterocycles. The summed E-state index contributed by atoms with van der Waals surface area (Å²) in [6.45, 7) is 2.01. The predicted molar refractivity (Wildman–Crippen MR) is 124 cm³/mol. The average Bonchev–Trinajstić information content (AvgIpc) is 3.18. The van der Waals surface area contributed by atoms with Crippen LogP contribution in [0.2, 0.25) is 5.02 Å². The third kappa shape index (κ3) is 4.65. The van der Waals surface area contributed by atoms with Crippen LogP contribution in [0.25, 0.3) is 17.0 Å². The van der Waals surface area contributed by atoms with Crippen LogP contribution in [0, 0.1) is 0 Å². The second-order valence-electron chi connectivity index (χ2n) is 8.40. The Kier molecular flexibility index (Phi) is 5.29. The van der Waals surface area contributed by atoms with Gasteiger partial charge in [0.2, 0.25) is 0 Å². The zero-order chi connectivity index (χ0) is 23.4. The minimum absolute atomic E-state index is 0.0299. The van der Waals surface area contributed by atoms with Gasteiger partial charge in [-0.15, -0.1) is 0 Å². The van der Waals surface area contributed by atoms with Crippen molar-refractivity contribution < 1.29 is 18.0 Å². The first-order valence-electron chi connectivity index (χ1n) is 10.2. The van der Waals surface area contributed by atoms with Gasteiger partial charge < -0.3 is 5.32 Å². The topological polar surface area (TPSA) is 59.3 Å². The molecule has 3 aromatic rings. The molecule has 1 saturated carbocycles. The van der Waals surface area contributed by atoms with E-state index in [1.54, 1.807) is 18.3 Å². The average molecular weight is 491 g/mol. The Labute approximate surface area is 196 Å². The molecule has 1 amide bonds. The first kappa shape index (κ1) is 22.0. The van der Waals surface area contributed by atoms with Crippen molar-refractivity contribution >= 4 is 51.4 Å². The summed E-state index contributed by atoms with van der Waals surface area (Å²) in [5, 5.41) is 8.48. The summed E-state index contributed by atoms with van der Waals surface area (Å²) in [4.78, 5) is 17.4. The maximum absolute atomic E-state index is 13.4. The van der Waals surface area contributed by atoms with E-state index < -0.39 is 11.7 Å². The monoisotopic (exact) mass is 490 g/mol. The molecule has 1 aliphatic carbocycles. The van der Waals surface area contributed by atoms with E-state index in [1.807, 2.05) is 12.1 Å².